The van der Waals surface area contributed by atoms with Gasteiger partial charge in [0.25, 0.3) is 5.91 Å². The van der Waals surface area contributed by atoms with E-state index in [0.717, 1.165) is 12.1 Å². The SMILES string of the molecule is CNc1ccc(C(F)(F)F)cc1C(=O)N(C)C(C)(C)CO. The fourth-order valence-electron chi connectivity index (χ4n) is 1.68. The Morgan fingerprint density at radius 3 is 2.33 bits per heavy atom. The zero-order valence-corrected chi connectivity index (χ0v) is 12.4. The Morgan fingerprint density at radius 1 is 1.33 bits per heavy atom. The van der Waals surface area contributed by atoms with Crippen LogP contribution in [0.4, 0.5) is 18.9 Å². The third-order valence-electron chi connectivity index (χ3n) is 3.45. The van der Waals surface area contributed by atoms with E-state index in [1.54, 1.807) is 13.8 Å². The van der Waals surface area contributed by atoms with Gasteiger partial charge in [0.1, 0.15) is 0 Å². The van der Waals surface area contributed by atoms with Gasteiger partial charge in [-0.05, 0) is 32.0 Å². The van der Waals surface area contributed by atoms with E-state index in [0.29, 0.717) is 5.69 Å². The van der Waals surface area contributed by atoms with Gasteiger partial charge < -0.3 is 15.3 Å². The van der Waals surface area contributed by atoms with Gasteiger partial charge in [-0.15, -0.1) is 0 Å². The normalized spacial score (nSPS) is 12.2. The van der Waals surface area contributed by atoms with E-state index in [-0.39, 0.29) is 12.2 Å². The van der Waals surface area contributed by atoms with Crippen LogP contribution < -0.4 is 5.32 Å². The second-order valence-corrected chi connectivity index (χ2v) is 5.34. The van der Waals surface area contributed by atoms with Crippen LogP contribution >= 0.6 is 0 Å². The Labute approximate surface area is 121 Å². The molecule has 0 aliphatic heterocycles. The van der Waals surface area contributed by atoms with E-state index < -0.39 is 23.2 Å². The predicted octanol–water partition coefficient (Wildman–Crippen LogP) is 2.59. The first kappa shape index (κ1) is 17.3. The third-order valence-corrected chi connectivity index (χ3v) is 3.45. The van der Waals surface area contributed by atoms with Gasteiger partial charge in [0.2, 0.25) is 0 Å². The summed E-state index contributed by atoms with van der Waals surface area (Å²) in [5, 5.41) is 12.0. The van der Waals surface area contributed by atoms with Crippen molar-refractivity contribution in [3.8, 4) is 0 Å². The molecule has 0 aliphatic carbocycles. The van der Waals surface area contributed by atoms with Crippen molar-refractivity contribution in [1.29, 1.82) is 0 Å². The maximum absolute atomic E-state index is 12.8. The minimum atomic E-state index is -4.52. The molecule has 118 valence electrons. The molecular weight excluding hydrogens is 285 g/mol. The molecule has 0 radical (unpaired) electrons. The van der Waals surface area contributed by atoms with Gasteiger partial charge in [0.15, 0.2) is 0 Å². The minimum Gasteiger partial charge on any atom is -0.394 e. The number of alkyl halides is 3. The van der Waals surface area contributed by atoms with Gasteiger partial charge in [0.05, 0.1) is 23.3 Å². The Morgan fingerprint density at radius 2 is 1.90 bits per heavy atom. The summed E-state index contributed by atoms with van der Waals surface area (Å²) in [4.78, 5) is 13.6. The number of amides is 1. The summed E-state index contributed by atoms with van der Waals surface area (Å²) >= 11 is 0. The molecule has 0 atom stereocenters. The third kappa shape index (κ3) is 3.66. The van der Waals surface area contributed by atoms with Crippen LogP contribution in [0.3, 0.4) is 0 Å². The van der Waals surface area contributed by atoms with Crippen LogP contribution in [0.15, 0.2) is 18.2 Å². The highest BCUT2D eigenvalue weighted by Crippen LogP contribution is 2.32. The molecule has 4 nitrogen and oxygen atoms in total. The highest BCUT2D eigenvalue weighted by Gasteiger charge is 2.34. The van der Waals surface area contributed by atoms with Crippen molar-refractivity contribution in [2.24, 2.45) is 0 Å². The van der Waals surface area contributed by atoms with Crippen molar-refractivity contribution >= 4 is 11.6 Å². The fraction of sp³-hybridized carbons (Fsp3) is 0.500. The summed E-state index contributed by atoms with van der Waals surface area (Å²) in [7, 11) is 2.97. The fourth-order valence-corrected chi connectivity index (χ4v) is 1.68. The maximum Gasteiger partial charge on any atom is 0.416 e. The average molecular weight is 304 g/mol. The lowest BCUT2D eigenvalue weighted by Crippen LogP contribution is -2.47. The molecule has 1 amide bonds. The zero-order chi connectivity index (χ0) is 16.4. The van der Waals surface area contributed by atoms with E-state index in [4.69, 9.17) is 0 Å². The molecule has 0 bridgehead atoms. The van der Waals surface area contributed by atoms with Crippen LogP contribution in [0.25, 0.3) is 0 Å². The smallest absolute Gasteiger partial charge is 0.394 e. The van der Waals surface area contributed by atoms with Crippen molar-refractivity contribution in [2.45, 2.75) is 25.6 Å². The number of carbonyl (C=O) groups is 1. The van der Waals surface area contributed by atoms with E-state index in [1.165, 1.54) is 25.1 Å². The minimum absolute atomic E-state index is 0.0867. The molecule has 0 saturated heterocycles. The number of hydrogen-bond acceptors (Lipinski definition) is 3. The lowest BCUT2D eigenvalue weighted by molar-refractivity contribution is -0.137. The maximum atomic E-state index is 12.8. The molecular formula is C14H19F3N2O2. The number of nitrogens with zero attached hydrogens (tertiary/aromatic N) is 1. The monoisotopic (exact) mass is 304 g/mol. The van der Waals surface area contributed by atoms with Crippen LogP contribution in [0.1, 0.15) is 29.8 Å². The van der Waals surface area contributed by atoms with E-state index >= 15 is 0 Å². The van der Waals surface area contributed by atoms with Crippen molar-refractivity contribution in [3.05, 3.63) is 29.3 Å². The van der Waals surface area contributed by atoms with Gasteiger partial charge in [0, 0.05) is 19.8 Å². The van der Waals surface area contributed by atoms with Crippen LogP contribution in [-0.2, 0) is 6.18 Å². The summed E-state index contributed by atoms with van der Waals surface area (Å²) in [5.74, 6) is -0.593. The standard InChI is InChI=1S/C14H19F3N2O2/c1-13(2,8-20)19(4)12(21)10-7-9(14(15,16)17)5-6-11(10)18-3/h5-7,18,20H,8H2,1-4H3. The van der Waals surface area contributed by atoms with E-state index in [9.17, 15) is 23.1 Å². The molecule has 1 rings (SSSR count). The Bertz CT molecular complexity index is 527. The van der Waals surface area contributed by atoms with Gasteiger partial charge in [-0.25, -0.2) is 0 Å². The van der Waals surface area contributed by atoms with Gasteiger partial charge >= 0.3 is 6.18 Å². The van der Waals surface area contributed by atoms with Crippen molar-refractivity contribution in [3.63, 3.8) is 0 Å². The molecule has 2 N–H and O–H groups in total. The molecule has 0 heterocycles. The molecule has 0 unspecified atom stereocenters. The molecule has 7 heteroatoms. The number of carbonyl (C=O) groups excluding carboxylic acids is 1. The lowest BCUT2D eigenvalue weighted by atomic mass is 10.0. The summed E-state index contributed by atoms with van der Waals surface area (Å²) in [5.41, 5.74) is -1.55. The van der Waals surface area contributed by atoms with Crippen molar-refractivity contribution < 1.29 is 23.1 Å². The van der Waals surface area contributed by atoms with Crippen LogP contribution in [0, 0.1) is 0 Å². The number of anilines is 1. The predicted molar refractivity (Wildman–Crippen MR) is 74.2 cm³/mol. The quantitative estimate of drug-likeness (QED) is 0.899. The van der Waals surface area contributed by atoms with Gasteiger partial charge in [-0.3, -0.25) is 4.79 Å². The van der Waals surface area contributed by atoms with Crippen molar-refractivity contribution in [1.82, 2.24) is 4.90 Å². The first-order valence-corrected chi connectivity index (χ1v) is 6.32. The zero-order valence-electron chi connectivity index (χ0n) is 12.4. The Kier molecular flexibility index (Phi) is 4.88. The summed E-state index contributed by atoms with van der Waals surface area (Å²) < 4.78 is 38.3. The highest BCUT2D eigenvalue weighted by atomic mass is 19.4. The number of benzene rings is 1. The molecule has 0 aromatic heterocycles. The summed E-state index contributed by atoms with van der Waals surface area (Å²) in [6, 6.07) is 2.95. The van der Waals surface area contributed by atoms with Crippen LogP contribution in [-0.4, -0.2) is 42.2 Å². The number of halogens is 3. The number of likely N-dealkylation sites (N-methyl/N-ethyl adjacent to an activating group) is 1. The molecule has 1 aromatic rings. The van der Waals surface area contributed by atoms with Gasteiger partial charge in [-0.2, -0.15) is 13.2 Å². The molecule has 21 heavy (non-hydrogen) atoms. The molecule has 0 aliphatic rings. The number of nitrogens with one attached hydrogen (secondary N) is 1. The molecule has 0 spiro atoms. The number of aliphatic hydroxyl groups excluding tert-OH is 1. The molecule has 0 fully saturated rings. The largest absolute Gasteiger partial charge is 0.416 e. The second-order valence-electron chi connectivity index (χ2n) is 5.34. The second kappa shape index (κ2) is 5.93. The number of rotatable bonds is 4. The number of aliphatic hydroxyl groups is 1. The average Bonchev–Trinajstić information content (AvgIpc) is 2.43. The molecule has 1 aromatic carbocycles. The van der Waals surface area contributed by atoms with Crippen molar-refractivity contribution in [2.75, 3.05) is 26.0 Å². The number of hydrogen-bond donors (Lipinski definition) is 2. The van der Waals surface area contributed by atoms with Gasteiger partial charge in [-0.1, -0.05) is 0 Å². The topological polar surface area (TPSA) is 52.6 Å². The lowest BCUT2D eigenvalue weighted by Gasteiger charge is -2.34. The Hall–Kier alpha value is -1.76. The van der Waals surface area contributed by atoms with Crippen LogP contribution in [0.5, 0.6) is 0 Å². The first-order chi connectivity index (χ1) is 9.54. The Balaban J connectivity index is 3.30. The summed E-state index contributed by atoms with van der Waals surface area (Å²) in [6.45, 7) is 2.94. The van der Waals surface area contributed by atoms with E-state index in [2.05, 4.69) is 5.32 Å². The highest BCUT2D eigenvalue weighted by molar-refractivity contribution is 6.00. The summed E-state index contributed by atoms with van der Waals surface area (Å²) in [6.07, 6.45) is -4.52. The first-order valence-electron chi connectivity index (χ1n) is 6.32. The molecule has 0 saturated carbocycles. The van der Waals surface area contributed by atoms with E-state index in [1.807, 2.05) is 0 Å². The van der Waals surface area contributed by atoms with Crippen LogP contribution in [0.2, 0.25) is 0 Å².